The van der Waals surface area contributed by atoms with Gasteiger partial charge in [0, 0.05) is 19.3 Å². The van der Waals surface area contributed by atoms with Crippen molar-refractivity contribution in [2.24, 2.45) is 0 Å². The Morgan fingerprint density at radius 3 is 1.75 bits per heavy atom. The van der Waals surface area contributed by atoms with Crippen molar-refractivity contribution in [3.63, 3.8) is 0 Å². The first-order valence-electron chi connectivity index (χ1n) is 8.60. The van der Waals surface area contributed by atoms with E-state index in [2.05, 4.69) is 49.2 Å². The maximum absolute atomic E-state index is 2.37. The van der Waals surface area contributed by atoms with Gasteiger partial charge in [0.15, 0.2) is 0 Å². The Labute approximate surface area is 126 Å². The standard InChI is InChI=1S/C19H33N/c1-3-4-5-6-7-8-9-10-11-15-18-20(2)19-16-13-12-14-17-19/h12-14,16-17H,3-11,15,18H2,1-2H3. The zero-order chi connectivity index (χ0) is 14.5. The summed E-state index contributed by atoms with van der Waals surface area (Å²) in [5.74, 6) is 0. The van der Waals surface area contributed by atoms with Gasteiger partial charge < -0.3 is 4.90 Å². The summed E-state index contributed by atoms with van der Waals surface area (Å²) in [5, 5.41) is 0. The highest BCUT2D eigenvalue weighted by atomic mass is 15.1. The predicted octanol–water partition coefficient (Wildman–Crippen LogP) is 6.04. The number of unbranched alkanes of at least 4 members (excludes halogenated alkanes) is 9. The fraction of sp³-hybridized carbons (Fsp3) is 0.684. The van der Waals surface area contributed by atoms with Crippen LogP contribution in [-0.4, -0.2) is 13.6 Å². The average molecular weight is 275 g/mol. The highest BCUT2D eigenvalue weighted by Gasteiger charge is 1.99. The van der Waals surface area contributed by atoms with Gasteiger partial charge in [0.25, 0.3) is 0 Å². The van der Waals surface area contributed by atoms with Gasteiger partial charge in [-0.15, -0.1) is 0 Å². The maximum Gasteiger partial charge on any atom is 0.0363 e. The van der Waals surface area contributed by atoms with Crippen molar-refractivity contribution in [1.29, 1.82) is 0 Å². The van der Waals surface area contributed by atoms with Crippen LogP contribution in [0.3, 0.4) is 0 Å². The van der Waals surface area contributed by atoms with E-state index < -0.39 is 0 Å². The van der Waals surface area contributed by atoms with E-state index in [0.717, 1.165) is 0 Å². The van der Waals surface area contributed by atoms with Gasteiger partial charge in [0.1, 0.15) is 0 Å². The number of para-hydroxylation sites is 1. The number of anilines is 1. The zero-order valence-electron chi connectivity index (χ0n) is 13.6. The molecule has 0 unspecified atom stereocenters. The summed E-state index contributed by atoms with van der Waals surface area (Å²) in [5.41, 5.74) is 1.34. The lowest BCUT2D eigenvalue weighted by molar-refractivity contribution is 0.556. The highest BCUT2D eigenvalue weighted by molar-refractivity contribution is 5.44. The third kappa shape index (κ3) is 8.24. The van der Waals surface area contributed by atoms with Crippen molar-refractivity contribution in [3.8, 4) is 0 Å². The van der Waals surface area contributed by atoms with Crippen molar-refractivity contribution in [2.75, 3.05) is 18.5 Å². The van der Waals surface area contributed by atoms with E-state index in [1.165, 1.54) is 76.4 Å². The van der Waals surface area contributed by atoms with Gasteiger partial charge in [-0.2, -0.15) is 0 Å². The van der Waals surface area contributed by atoms with E-state index in [1.807, 2.05) is 0 Å². The number of nitrogens with zero attached hydrogens (tertiary/aromatic N) is 1. The molecule has 1 nitrogen and oxygen atoms in total. The van der Waals surface area contributed by atoms with Crippen LogP contribution < -0.4 is 4.90 Å². The summed E-state index contributed by atoms with van der Waals surface area (Å²) >= 11 is 0. The lowest BCUT2D eigenvalue weighted by Gasteiger charge is -2.18. The van der Waals surface area contributed by atoms with E-state index in [-0.39, 0.29) is 0 Å². The Bertz CT molecular complexity index is 307. The smallest absolute Gasteiger partial charge is 0.0363 e. The third-order valence-corrected chi connectivity index (χ3v) is 4.04. The summed E-state index contributed by atoms with van der Waals surface area (Å²) in [7, 11) is 2.20. The fourth-order valence-electron chi connectivity index (χ4n) is 2.65. The molecule has 0 aliphatic rings. The summed E-state index contributed by atoms with van der Waals surface area (Å²) in [6.45, 7) is 3.47. The second-order valence-corrected chi connectivity index (χ2v) is 5.94. The first-order valence-corrected chi connectivity index (χ1v) is 8.60. The largest absolute Gasteiger partial charge is 0.375 e. The molecule has 114 valence electrons. The van der Waals surface area contributed by atoms with E-state index in [1.54, 1.807) is 0 Å². The van der Waals surface area contributed by atoms with Crippen LogP contribution in [0.1, 0.15) is 71.1 Å². The normalized spacial score (nSPS) is 10.7. The molecule has 0 aliphatic carbocycles. The van der Waals surface area contributed by atoms with Crippen molar-refractivity contribution >= 4 is 5.69 Å². The Kier molecular flexibility index (Phi) is 10.1. The molecule has 20 heavy (non-hydrogen) atoms. The average Bonchev–Trinajstić information content (AvgIpc) is 2.50. The Morgan fingerprint density at radius 2 is 1.20 bits per heavy atom. The van der Waals surface area contributed by atoms with Crippen LogP contribution >= 0.6 is 0 Å². The van der Waals surface area contributed by atoms with Crippen molar-refractivity contribution in [3.05, 3.63) is 30.3 Å². The lowest BCUT2D eigenvalue weighted by atomic mass is 10.1. The van der Waals surface area contributed by atoms with E-state index in [0.29, 0.717) is 0 Å². The van der Waals surface area contributed by atoms with Crippen LogP contribution in [-0.2, 0) is 0 Å². The van der Waals surface area contributed by atoms with Gasteiger partial charge in [-0.3, -0.25) is 0 Å². The zero-order valence-corrected chi connectivity index (χ0v) is 13.6. The topological polar surface area (TPSA) is 3.24 Å². The molecule has 0 saturated heterocycles. The van der Waals surface area contributed by atoms with Crippen molar-refractivity contribution in [1.82, 2.24) is 0 Å². The van der Waals surface area contributed by atoms with Gasteiger partial charge in [-0.25, -0.2) is 0 Å². The molecule has 0 amide bonds. The molecule has 0 aromatic heterocycles. The molecular weight excluding hydrogens is 242 g/mol. The van der Waals surface area contributed by atoms with Gasteiger partial charge >= 0.3 is 0 Å². The molecule has 1 rings (SSSR count). The first-order chi connectivity index (χ1) is 9.84. The van der Waals surface area contributed by atoms with Crippen molar-refractivity contribution in [2.45, 2.75) is 71.1 Å². The molecule has 0 atom stereocenters. The minimum absolute atomic E-state index is 1.18. The molecule has 0 aliphatic heterocycles. The first kappa shape index (κ1) is 17.1. The van der Waals surface area contributed by atoms with Crippen LogP contribution in [0, 0.1) is 0 Å². The molecule has 0 bridgehead atoms. The molecule has 0 spiro atoms. The maximum atomic E-state index is 2.37. The molecular formula is C19H33N. The lowest BCUT2D eigenvalue weighted by Crippen LogP contribution is -2.18. The van der Waals surface area contributed by atoms with Gasteiger partial charge in [-0.1, -0.05) is 82.9 Å². The Balaban J connectivity index is 1.90. The summed E-state index contributed by atoms with van der Waals surface area (Å²) in [4.78, 5) is 2.37. The van der Waals surface area contributed by atoms with Crippen LogP contribution in [0.25, 0.3) is 0 Å². The fourth-order valence-corrected chi connectivity index (χ4v) is 2.65. The van der Waals surface area contributed by atoms with Crippen LogP contribution in [0.5, 0.6) is 0 Å². The Hall–Kier alpha value is -0.980. The van der Waals surface area contributed by atoms with Crippen LogP contribution in [0.15, 0.2) is 30.3 Å². The van der Waals surface area contributed by atoms with E-state index in [9.17, 15) is 0 Å². The molecule has 0 radical (unpaired) electrons. The number of benzene rings is 1. The molecule has 1 aromatic carbocycles. The van der Waals surface area contributed by atoms with Crippen LogP contribution in [0.4, 0.5) is 5.69 Å². The van der Waals surface area contributed by atoms with E-state index in [4.69, 9.17) is 0 Å². The van der Waals surface area contributed by atoms with Gasteiger partial charge in [0.05, 0.1) is 0 Å². The number of rotatable bonds is 12. The molecule has 1 heteroatoms. The molecule has 0 saturated carbocycles. The van der Waals surface area contributed by atoms with Gasteiger partial charge in [0.2, 0.25) is 0 Å². The minimum atomic E-state index is 1.18. The minimum Gasteiger partial charge on any atom is -0.375 e. The van der Waals surface area contributed by atoms with Crippen LogP contribution in [0.2, 0.25) is 0 Å². The van der Waals surface area contributed by atoms with Gasteiger partial charge in [-0.05, 0) is 18.6 Å². The van der Waals surface area contributed by atoms with Crippen molar-refractivity contribution < 1.29 is 0 Å². The molecule has 0 heterocycles. The summed E-state index contributed by atoms with van der Waals surface area (Å²) < 4.78 is 0. The SMILES string of the molecule is CCCCCCCCCCCCN(C)c1ccccc1. The molecule has 0 fully saturated rings. The Morgan fingerprint density at radius 1 is 0.700 bits per heavy atom. The number of hydrogen-bond donors (Lipinski definition) is 0. The monoisotopic (exact) mass is 275 g/mol. The molecule has 1 aromatic rings. The second-order valence-electron chi connectivity index (χ2n) is 5.94. The van der Waals surface area contributed by atoms with E-state index >= 15 is 0 Å². The summed E-state index contributed by atoms with van der Waals surface area (Å²) in [6.07, 6.45) is 14.1. The summed E-state index contributed by atoms with van der Waals surface area (Å²) in [6, 6.07) is 10.7. The highest BCUT2D eigenvalue weighted by Crippen LogP contribution is 2.13. The second kappa shape index (κ2) is 11.8. The number of hydrogen-bond acceptors (Lipinski definition) is 1. The predicted molar refractivity (Wildman–Crippen MR) is 91.6 cm³/mol. The third-order valence-electron chi connectivity index (χ3n) is 4.04. The molecule has 0 N–H and O–H groups in total. The quantitative estimate of drug-likeness (QED) is 0.420.